The van der Waals surface area contributed by atoms with Crippen LogP contribution in [0.15, 0.2) is 24.3 Å². The molecule has 0 aromatic heterocycles. The molecule has 0 atom stereocenters. The summed E-state index contributed by atoms with van der Waals surface area (Å²) in [4.78, 5) is 25.6. The predicted octanol–water partition coefficient (Wildman–Crippen LogP) is 3.98. The van der Waals surface area contributed by atoms with Crippen LogP contribution >= 0.6 is 11.6 Å². The number of nitrogens with zero attached hydrogens (tertiary/aromatic N) is 1. The Bertz CT molecular complexity index is 616. The van der Waals surface area contributed by atoms with Crippen molar-refractivity contribution in [2.75, 3.05) is 13.1 Å². The van der Waals surface area contributed by atoms with E-state index in [2.05, 4.69) is 0 Å². The summed E-state index contributed by atoms with van der Waals surface area (Å²) in [5, 5.41) is 10.4. The van der Waals surface area contributed by atoms with E-state index in [0.717, 1.165) is 5.56 Å². The van der Waals surface area contributed by atoms with Gasteiger partial charge in [0.25, 0.3) is 0 Å². The molecule has 132 valence electrons. The van der Waals surface area contributed by atoms with E-state index >= 15 is 0 Å². The quantitative estimate of drug-likeness (QED) is 0.892. The molecule has 5 nitrogen and oxygen atoms in total. The molecular formula is C18H24ClNO4. The van der Waals surface area contributed by atoms with Crippen molar-refractivity contribution in [1.82, 2.24) is 4.90 Å². The minimum absolute atomic E-state index is 0.365. The monoisotopic (exact) mass is 353 g/mol. The van der Waals surface area contributed by atoms with Gasteiger partial charge in [-0.1, -0.05) is 29.8 Å². The van der Waals surface area contributed by atoms with Crippen LogP contribution in [0.1, 0.15) is 39.2 Å². The smallest absolute Gasteiger partial charge is 0.410 e. The summed E-state index contributed by atoms with van der Waals surface area (Å²) in [5.74, 6) is -0.841. The van der Waals surface area contributed by atoms with Crippen LogP contribution in [-0.4, -0.2) is 40.8 Å². The molecule has 0 bridgehead atoms. The van der Waals surface area contributed by atoms with Gasteiger partial charge in [-0.15, -0.1) is 0 Å². The van der Waals surface area contributed by atoms with E-state index in [1.807, 2.05) is 39.0 Å². The Morgan fingerprint density at radius 3 is 2.33 bits per heavy atom. The number of halogens is 1. The van der Waals surface area contributed by atoms with Gasteiger partial charge in [-0.25, -0.2) is 4.79 Å². The second-order valence-corrected chi connectivity index (χ2v) is 7.73. The van der Waals surface area contributed by atoms with Gasteiger partial charge in [0.05, 0.1) is 5.41 Å². The zero-order valence-electron chi connectivity index (χ0n) is 14.3. The number of hydrogen-bond donors (Lipinski definition) is 1. The van der Waals surface area contributed by atoms with Crippen molar-refractivity contribution in [3.05, 3.63) is 34.9 Å². The molecule has 1 amide bonds. The average Bonchev–Trinajstić information content (AvgIpc) is 2.48. The highest BCUT2D eigenvalue weighted by atomic mass is 35.5. The molecule has 1 aromatic carbocycles. The van der Waals surface area contributed by atoms with Crippen LogP contribution in [0.2, 0.25) is 5.02 Å². The molecule has 6 heteroatoms. The van der Waals surface area contributed by atoms with E-state index in [0.29, 0.717) is 37.4 Å². The van der Waals surface area contributed by atoms with Crippen molar-refractivity contribution >= 4 is 23.7 Å². The van der Waals surface area contributed by atoms with Gasteiger partial charge in [-0.3, -0.25) is 4.79 Å². The fourth-order valence-electron chi connectivity index (χ4n) is 2.92. The fraction of sp³-hybridized carbons (Fsp3) is 0.556. The summed E-state index contributed by atoms with van der Waals surface area (Å²) in [6.07, 6.45) is 0.739. The number of piperidine rings is 1. The van der Waals surface area contributed by atoms with Gasteiger partial charge in [0.2, 0.25) is 0 Å². The Labute approximate surface area is 147 Å². The number of hydrogen-bond acceptors (Lipinski definition) is 3. The van der Waals surface area contributed by atoms with E-state index in [-0.39, 0.29) is 6.09 Å². The Morgan fingerprint density at radius 2 is 1.83 bits per heavy atom. The largest absolute Gasteiger partial charge is 0.481 e. The Morgan fingerprint density at radius 1 is 1.25 bits per heavy atom. The minimum Gasteiger partial charge on any atom is -0.481 e. The van der Waals surface area contributed by atoms with Crippen molar-refractivity contribution in [2.45, 2.75) is 45.6 Å². The highest BCUT2D eigenvalue weighted by Crippen LogP contribution is 2.37. The number of benzene rings is 1. The van der Waals surface area contributed by atoms with Crippen molar-refractivity contribution in [3.63, 3.8) is 0 Å². The van der Waals surface area contributed by atoms with Crippen LogP contribution in [0.5, 0.6) is 0 Å². The Balaban J connectivity index is 2.08. The van der Waals surface area contributed by atoms with Crippen LogP contribution in [0, 0.1) is 5.41 Å². The molecule has 0 radical (unpaired) electrons. The summed E-state index contributed by atoms with van der Waals surface area (Å²) in [6, 6.07) is 7.30. The molecule has 1 fully saturated rings. The lowest BCUT2D eigenvalue weighted by Gasteiger charge is -2.39. The molecule has 0 aliphatic carbocycles. The first-order valence-corrected chi connectivity index (χ1v) is 8.45. The zero-order chi connectivity index (χ0) is 18.0. The number of carboxylic acids is 1. The molecule has 1 heterocycles. The zero-order valence-corrected chi connectivity index (χ0v) is 15.1. The lowest BCUT2D eigenvalue weighted by Crippen LogP contribution is -2.48. The number of aliphatic carboxylic acids is 1. The second-order valence-electron chi connectivity index (χ2n) is 7.32. The first-order valence-electron chi connectivity index (χ1n) is 8.08. The highest BCUT2D eigenvalue weighted by Gasteiger charge is 2.43. The third-order valence-corrected chi connectivity index (χ3v) is 4.68. The maximum atomic E-state index is 12.1. The molecule has 1 aliphatic heterocycles. The number of carbonyl (C=O) groups excluding carboxylic acids is 1. The maximum Gasteiger partial charge on any atom is 0.410 e. The van der Waals surface area contributed by atoms with Gasteiger partial charge in [0.1, 0.15) is 5.60 Å². The summed E-state index contributed by atoms with van der Waals surface area (Å²) in [5.41, 5.74) is -0.633. The first-order chi connectivity index (χ1) is 11.1. The number of carbonyl (C=O) groups is 2. The van der Waals surface area contributed by atoms with Crippen LogP contribution < -0.4 is 0 Å². The van der Waals surface area contributed by atoms with Gasteiger partial charge in [-0.2, -0.15) is 0 Å². The van der Waals surface area contributed by atoms with Crippen LogP contribution in [-0.2, 0) is 16.0 Å². The van der Waals surface area contributed by atoms with Gasteiger partial charge in [0.15, 0.2) is 0 Å². The summed E-state index contributed by atoms with van der Waals surface area (Å²) >= 11 is 6.18. The van der Waals surface area contributed by atoms with E-state index in [4.69, 9.17) is 16.3 Å². The van der Waals surface area contributed by atoms with E-state index in [1.165, 1.54) is 0 Å². The predicted molar refractivity (Wildman–Crippen MR) is 92.3 cm³/mol. The van der Waals surface area contributed by atoms with E-state index in [9.17, 15) is 14.7 Å². The Kier molecular flexibility index (Phi) is 5.43. The second kappa shape index (κ2) is 7.01. The molecule has 24 heavy (non-hydrogen) atoms. The minimum atomic E-state index is -0.899. The van der Waals surface area contributed by atoms with Crippen LogP contribution in [0.3, 0.4) is 0 Å². The number of ether oxygens (including phenoxy) is 1. The Hall–Kier alpha value is -1.75. The lowest BCUT2D eigenvalue weighted by atomic mass is 9.74. The third kappa shape index (κ3) is 4.41. The summed E-state index contributed by atoms with van der Waals surface area (Å²) in [6.45, 7) is 6.17. The summed E-state index contributed by atoms with van der Waals surface area (Å²) < 4.78 is 5.36. The van der Waals surface area contributed by atoms with Gasteiger partial charge < -0.3 is 14.7 Å². The fourth-order valence-corrected chi connectivity index (χ4v) is 3.12. The number of rotatable bonds is 3. The van der Waals surface area contributed by atoms with Crippen molar-refractivity contribution in [2.24, 2.45) is 5.41 Å². The maximum absolute atomic E-state index is 12.1. The van der Waals surface area contributed by atoms with E-state index < -0.39 is 17.0 Å². The molecule has 1 aliphatic rings. The molecule has 0 saturated carbocycles. The molecule has 2 rings (SSSR count). The summed E-state index contributed by atoms with van der Waals surface area (Å²) in [7, 11) is 0. The van der Waals surface area contributed by atoms with Crippen LogP contribution in [0.25, 0.3) is 0 Å². The molecule has 1 saturated heterocycles. The van der Waals surface area contributed by atoms with Gasteiger partial charge in [-0.05, 0) is 51.7 Å². The number of carboxylic acid groups (broad SMARTS) is 1. The normalized spacial score (nSPS) is 17.4. The SMILES string of the molecule is CC(C)(C)OC(=O)N1CCC(Cc2ccccc2Cl)(C(=O)O)CC1. The van der Waals surface area contributed by atoms with Crippen molar-refractivity contribution in [3.8, 4) is 0 Å². The number of likely N-dealkylation sites (tertiary alicyclic amines) is 1. The van der Waals surface area contributed by atoms with Crippen LogP contribution in [0.4, 0.5) is 4.79 Å². The molecular weight excluding hydrogens is 330 g/mol. The third-order valence-electron chi connectivity index (χ3n) is 4.31. The molecule has 0 spiro atoms. The average molecular weight is 354 g/mol. The number of amides is 1. The van der Waals surface area contributed by atoms with Gasteiger partial charge >= 0.3 is 12.1 Å². The van der Waals surface area contributed by atoms with Gasteiger partial charge in [0, 0.05) is 18.1 Å². The standard InChI is InChI=1S/C18H24ClNO4/c1-17(2,3)24-16(23)20-10-8-18(9-11-20,15(21)22)12-13-6-4-5-7-14(13)19/h4-7H,8-12H2,1-3H3,(H,21,22). The lowest BCUT2D eigenvalue weighted by molar-refractivity contribution is -0.152. The first kappa shape index (κ1) is 18.6. The highest BCUT2D eigenvalue weighted by molar-refractivity contribution is 6.31. The van der Waals surface area contributed by atoms with E-state index in [1.54, 1.807) is 11.0 Å². The molecule has 0 unspecified atom stereocenters. The molecule has 1 aromatic rings. The topological polar surface area (TPSA) is 66.8 Å². The van der Waals surface area contributed by atoms with Crippen molar-refractivity contribution < 1.29 is 19.4 Å². The van der Waals surface area contributed by atoms with Crippen molar-refractivity contribution in [1.29, 1.82) is 0 Å². The molecule has 1 N–H and O–H groups in total.